The highest BCUT2D eigenvalue weighted by Gasteiger charge is 2.17. The first-order valence-corrected chi connectivity index (χ1v) is 14.6. The van der Waals surface area contributed by atoms with Crippen molar-refractivity contribution in [2.45, 2.75) is 6.92 Å². The first kappa shape index (κ1) is 28.9. The topological polar surface area (TPSA) is 128 Å². The summed E-state index contributed by atoms with van der Waals surface area (Å²) in [7, 11) is 0. The zero-order chi connectivity index (χ0) is 30.3. The maximum Gasteiger partial charge on any atom is 0.227 e. The number of nitriles is 1. The van der Waals surface area contributed by atoms with Gasteiger partial charge in [-0.1, -0.05) is 6.07 Å². The molecule has 0 radical (unpaired) electrons. The molecule has 1 aromatic heterocycles. The predicted molar refractivity (Wildman–Crippen MR) is 172 cm³/mol. The van der Waals surface area contributed by atoms with Gasteiger partial charge in [0, 0.05) is 67.1 Å². The van der Waals surface area contributed by atoms with Crippen molar-refractivity contribution in [3.63, 3.8) is 0 Å². The zero-order valence-corrected chi connectivity index (χ0v) is 24.5. The molecule has 224 valence electrons. The Bertz CT molecular complexity index is 1660. The number of hydrogen-bond donors (Lipinski definition) is 3. The lowest BCUT2D eigenvalue weighted by atomic mass is 10.0. The number of ether oxygens (including phenoxy) is 2. The summed E-state index contributed by atoms with van der Waals surface area (Å²) in [6, 6.07) is 23.7. The summed E-state index contributed by atoms with van der Waals surface area (Å²) < 4.78 is 11.0. The van der Waals surface area contributed by atoms with E-state index in [0.717, 1.165) is 62.1 Å². The van der Waals surface area contributed by atoms with Crippen LogP contribution < -0.4 is 25.8 Å². The quantitative estimate of drug-likeness (QED) is 0.254. The van der Waals surface area contributed by atoms with Crippen LogP contribution >= 0.6 is 0 Å². The number of hydrogen-bond acceptors (Lipinski definition) is 10. The van der Waals surface area contributed by atoms with Gasteiger partial charge in [-0.05, 0) is 60.7 Å². The molecule has 0 atom stereocenters. The van der Waals surface area contributed by atoms with Gasteiger partial charge in [0.25, 0.3) is 0 Å². The highest BCUT2D eigenvalue weighted by Crippen LogP contribution is 2.34. The van der Waals surface area contributed by atoms with E-state index in [9.17, 15) is 10.1 Å². The molecular formula is C33H34N8O3. The van der Waals surface area contributed by atoms with Gasteiger partial charge < -0.3 is 35.2 Å². The van der Waals surface area contributed by atoms with Crippen LogP contribution in [0.15, 0.2) is 72.9 Å². The standard InChI is InChI=1S/C33H34N8O3/c1-23(42)36-27-6-5-24(21-34)30(20-27)32-31(37-25-7-9-28(10-8-25)40-11-15-43-16-12-40)22-35-33(39-32)38-26-3-2-4-29(19-26)41-13-17-44-18-14-41/h2-10,19-20,22,37H,11-18H2,1H3,(H,36,42)(H,35,38,39). The highest BCUT2D eigenvalue weighted by molar-refractivity contribution is 5.91. The monoisotopic (exact) mass is 590 g/mol. The van der Waals surface area contributed by atoms with Crippen molar-refractivity contribution in [2.24, 2.45) is 0 Å². The van der Waals surface area contributed by atoms with E-state index in [4.69, 9.17) is 14.5 Å². The van der Waals surface area contributed by atoms with Crippen LogP contribution in [0.3, 0.4) is 0 Å². The molecule has 4 aromatic rings. The van der Waals surface area contributed by atoms with Crippen molar-refractivity contribution in [3.05, 3.63) is 78.5 Å². The summed E-state index contributed by atoms with van der Waals surface area (Å²) in [4.78, 5) is 25.9. The molecule has 0 spiro atoms. The SMILES string of the molecule is CC(=O)Nc1ccc(C#N)c(-c2nc(Nc3cccc(N4CCOCC4)c3)ncc2Nc2ccc(N3CCOCC3)cc2)c1. The average Bonchev–Trinajstić information content (AvgIpc) is 3.06. The van der Waals surface area contributed by atoms with E-state index in [1.165, 1.54) is 6.92 Å². The van der Waals surface area contributed by atoms with Gasteiger partial charge in [0.1, 0.15) is 5.69 Å². The van der Waals surface area contributed by atoms with E-state index >= 15 is 0 Å². The van der Waals surface area contributed by atoms with Crippen LogP contribution in [0.2, 0.25) is 0 Å². The Kier molecular flexibility index (Phi) is 8.82. The normalized spacial score (nSPS) is 14.9. The van der Waals surface area contributed by atoms with E-state index in [1.807, 2.05) is 24.3 Å². The fourth-order valence-corrected chi connectivity index (χ4v) is 5.32. The van der Waals surface area contributed by atoms with E-state index in [0.29, 0.717) is 47.4 Å². The van der Waals surface area contributed by atoms with Crippen molar-refractivity contribution < 1.29 is 14.3 Å². The molecule has 3 N–H and O–H groups in total. The third kappa shape index (κ3) is 6.89. The van der Waals surface area contributed by atoms with Gasteiger partial charge in [0.05, 0.1) is 49.9 Å². The third-order valence-electron chi connectivity index (χ3n) is 7.51. The molecule has 2 fully saturated rings. The fourth-order valence-electron chi connectivity index (χ4n) is 5.32. The zero-order valence-electron chi connectivity index (χ0n) is 24.5. The lowest BCUT2D eigenvalue weighted by Gasteiger charge is -2.29. The van der Waals surface area contributed by atoms with Crippen LogP contribution in [0.25, 0.3) is 11.3 Å². The first-order valence-electron chi connectivity index (χ1n) is 14.6. The second kappa shape index (κ2) is 13.4. The van der Waals surface area contributed by atoms with Gasteiger partial charge in [-0.15, -0.1) is 0 Å². The van der Waals surface area contributed by atoms with Crippen LogP contribution in [0.1, 0.15) is 12.5 Å². The lowest BCUT2D eigenvalue weighted by Crippen LogP contribution is -2.36. The molecule has 0 aliphatic carbocycles. The molecule has 0 unspecified atom stereocenters. The van der Waals surface area contributed by atoms with Gasteiger partial charge in [0.15, 0.2) is 0 Å². The molecule has 3 heterocycles. The Morgan fingerprint density at radius 3 is 2.18 bits per heavy atom. The molecule has 2 aliphatic rings. The van der Waals surface area contributed by atoms with Crippen molar-refractivity contribution in [2.75, 3.05) is 78.4 Å². The molecule has 44 heavy (non-hydrogen) atoms. The molecule has 2 saturated heterocycles. The second-order valence-electron chi connectivity index (χ2n) is 10.6. The number of nitrogens with zero attached hydrogens (tertiary/aromatic N) is 5. The first-order chi connectivity index (χ1) is 21.6. The van der Waals surface area contributed by atoms with Gasteiger partial charge in [-0.25, -0.2) is 9.97 Å². The number of benzene rings is 3. The van der Waals surface area contributed by atoms with E-state index in [1.54, 1.807) is 24.4 Å². The van der Waals surface area contributed by atoms with E-state index in [-0.39, 0.29) is 5.91 Å². The molecule has 0 saturated carbocycles. The van der Waals surface area contributed by atoms with E-state index in [2.05, 4.69) is 61.1 Å². The smallest absolute Gasteiger partial charge is 0.227 e. The van der Waals surface area contributed by atoms with Crippen LogP contribution in [0.4, 0.5) is 40.1 Å². The van der Waals surface area contributed by atoms with Gasteiger partial charge in [-0.3, -0.25) is 4.79 Å². The van der Waals surface area contributed by atoms with Crippen LogP contribution in [-0.4, -0.2) is 68.5 Å². The fraction of sp³-hybridized carbons (Fsp3) is 0.273. The number of nitrogens with one attached hydrogen (secondary N) is 3. The number of carbonyl (C=O) groups is 1. The van der Waals surface area contributed by atoms with Gasteiger partial charge in [-0.2, -0.15) is 5.26 Å². The summed E-state index contributed by atoms with van der Waals surface area (Å²) in [5, 5.41) is 19.6. The summed E-state index contributed by atoms with van der Waals surface area (Å²) >= 11 is 0. The Hall–Kier alpha value is -5.18. The Balaban J connectivity index is 1.33. The van der Waals surface area contributed by atoms with Crippen molar-refractivity contribution in [1.82, 2.24) is 9.97 Å². The minimum Gasteiger partial charge on any atom is -0.378 e. The van der Waals surface area contributed by atoms with Crippen LogP contribution in [-0.2, 0) is 14.3 Å². The van der Waals surface area contributed by atoms with Crippen molar-refractivity contribution >= 4 is 46.0 Å². The number of anilines is 7. The largest absolute Gasteiger partial charge is 0.378 e. The Labute approximate surface area is 256 Å². The van der Waals surface area contributed by atoms with Crippen LogP contribution in [0, 0.1) is 11.3 Å². The average molecular weight is 591 g/mol. The minimum atomic E-state index is -0.204. The maximum absolute atomic E-state index is 11.8. The summed E-state index contributed by atoms with van der Waals surface area (Å²) in [5.74, 6) is 0.172. The maximum atomic E-state index is 11.8. The number of rotatable bonds is 8. The molecular weight excluding hydrogens is 556 g/mol. The lowest BCUT2D eigenvalue weighted by molar-refractivity contribution is -0.114. The number of carbonyl (C=O) groups excluding carboxylic acids is 1. The number of aromatic nitrogens is 2. The predicted octanol–water partition coefficient (Wildman–Crippen LogP) is 5.13. The molecule has 11 heteroatoms. The summed E-state index contributed by atoms with van der Waals surface area (Å²) in [5.41, 5.74) is 6.60. The summed E-state index contributed by atoms with van der Waals surface area (Å²) in [6.07, 6.45) is 1.71. The van der Waals surface area contributed by atoms with Gasteiger partial charge >= 0.3 is 0 Å². The Morgan fingerprint density at radius 1 is 0.818 bits per heavy atom. The Morgan fingerprint density at radius 2 is 1.50 bits per heavy atom. The molecule has 1 amide bonds. The minimum absolute atomic E-state index is 0.204. The van der Waals surface area contributed by atoms with Gasteiger partial charge in [0.2, 0.25) is 11.9 Å². The van der Waals surface area contributed by atoms with Crippen molar-refractivity contribution in [1.29, 1.82) is 5.26 Å². The van der Waals surface area contributed by atoms with Crippen LogP contribution in [0.5, 0.6) is 0 Å². The molecule has 2 aliphatic heterocycles. The number of amides is 1. The molecule has 11 nitrogen and oxygen atoms in total. The number of morpholine rings is 2. The second-order valence-corrected chi connectivity index (χ2v) is 10.6. The molecule has 6 rings (SSSR count). The third-order valence-corrected chi connectivity index (χ3v) is 7.51. The van der Waals surface area contributed by atoms with E-state index < -0.39 is 0 Å². The summed E-state index contributed by atoms with van der Waals surface area (Å²) in [6.45, 7) is 7.67. The highest BCUT2D eigenvalue weighted by atomic mass is 16.5. The van der Waals surface area contributed by atoms with Crippen molar-refractivity contribution in [3.8, 4) is 17.3 Å². The molecule has 0 bridgehead atoms. The molecule has 3 aromatic carbocycles.